The number of carbonyl (C=O) groups excluding carboxylic acids is 3. The van der Waals surface area contributed by atoms with Gasteiger partial charge in [-0.2, -0.15) is 0 Å². The van der Waals surface area contributed by atoms with Crippen LogP contribution in [0.1, 0.15) is 44.2 Å². The number of carboxylic acid groups (broad SMARTS) is 2. The van der Waals surface area contributed by atoms with Crippen molar-refractivity contribution < 1.29 is 57.9 Å². The van der Waals surface area contributed by atoms with Crippen LogP contribution >= 0.6 is 0 Å². The van der Waals surface area contributed by atoms with Gasteiger partial charge in [-0.1, -0.05) is 60.7 Å². The van der Waals surface area contributed by atoms with Crippen LogP contribution < -0.4 is 4.74 Å². The van der Waals surface area contributed by atoms with Crippen molar-refractivity contribution in [3.05, 3.63) is 96.1 Å². The molecule has 3 aromatic rings. The highest BCUT2D eigenvalue weighted by molar-refractivity contribution is 6.04. The molecule has 1 aliphatic rings. The van der Waals surface area contributed by atoms with Crippen LogP contribution in [0.2, 0.25) is 0 Å². The number of benzene rings is 3. The van der Waals surface area contributed by atoms with Gasteiger partial charge in [-0.15, -0.1) is 0 Å². The highest BCUT2D eigenvalue weighted by atomic mass is 16.8. The predicted octanol–water partition coefficient (Wildman–Crippen LogP) is 4.19. The number of nitrogens with zero attached hydrogens (tertiary/aromatic N) is 1. The summed E-state index contributed by atoms with van der Waals surface area (Å²) in [7, 11) is 0. The number of carboxylic acids is 2. The molecule has 0 radical (unpaired) electrons. The molecule has 1 amide bonds. The molecule has 13 heteroatoms. The predicted molar refractivity (Wildman–Crippen MR) is 173 cm³/mol. The van der Waals surface area contributed by atoms with E-state index in [9.17, 15) is 34.2 Å². The Hall–Kier alpha value is -5.27. The fourth-order valence-electron chi connectivity index (χ4n) is 5.61. The van der Waals surface area contributed by atoms with Gasteiger partial charge in [-0.3, -0.25) is 9.59 Å². The van der Waals surface area contributed by atoms with Crippen LogP contribution in [0.4, 0.5) is 0 Å². The summed E-state index contributed by atoms with van der Waals surface area (Å²) in [6, 6.07) is 25.0. The van der Waals surface area contributed by atoms with Crippen molar-refractivity contribution in [1.29, 1.82) is 0 Å². The number of rotatable bonds is 16. The number of amides is 1. The SMILES string of the molecule is CCOC(=O)C1(C(=O)OCC)OC(C(=O)O)C(C(=O)N(CC(=O)O)C(C)C(CCc2ccccc2)c2ccc(Oc3ccccc3)cc2)O1. The first-order valence-electron chi connectivity index (χ1n) is 15.8. The van der Waals surface area contributed by atoms with Crippen LogP contribution in [0.3, 0.4) is 0 Å². The minimum Gasteiger partial charge on any atom is -0.480 e. The number of carbonyl (C=O) groups is 5. The number of hydrogen-bond acceptors (Lipinski definition) is 10. The van der Waals surface area contributed by atoms with Crippen molar-refractivity contribution in [2.24, 2.45) is 0 Å². The van der Waals surface area contributed by atoms with Gasteiger partial charge < -0.3 is 38.8 Å². The molecule has 0 aromatic heterocycles. The lowest BCUT2D eigenvalue weighted by molar-refractivity contribution is -0.227. The summed E-state index contributed by atoms with van der Waals surface area (Å²) in [4.78, 5) is 65.6. The summed E-state index contributed by atoms with van der Waals surface area (Å²) in [5.74, 6) is -9.37. The van der Waals surface area contributed by atoms with Crippen LogP contribution in [0, 0.1) is 0 Å². The van der Waals surface area contributed by atoms with Gasteiger partial charge in [0.2, 0.25) is 0 Å². The van der Waals surface area contributed by atoms with Gasteiger partial charge in [0.1, 0.15) is 18.0 Å². The smallest absolute Gasteiger partial charge is 0.379 e. The zero-order valence-corrected chi connectivity index (χ0v) is 27.4. The molecule has 13 nitrogen and oxygen atoms in total. The van der Waals surface area contributed by atoms with Crippen molar-refractivity contribution in [3.63, 3.8) is 0 Å². The van der Waals surface area contributed by atoms with Crippen molar-refractivity contribution in [1.82, 2.24) is 4.90 Å². The van der Waals surface area contributed by atoms with E-state index in [0.29, 0.717) is 24.3 Å². The summed E-state index contributed by atoms with van der Waals surface area (Å²) in [6.07, 6.45) is -3.28. The number of esters is 2. The first-order chi connectivity index (χ1) is 23.5. The fraction of sp³-hybridized carbons (Fsp3) is 0.361. The molecule has 4 atom stereocenters. The molecule has 1 saturated heterocycles. The maximum absolute atomic E-state index is 14.2. The van der Waals surface area contributed by atoms with Gasteiger partial charge in [0.05, 0.1) is 13.2 Å². The first-order valence-corrected chi connectivity index (χ1v) is 15.8. The van der Waals surface area contributed by atoms with E-state index >= 15 is 0 Å². The van der Waals surface area contributed by atoms with Crippen LogP contribution in [-0.4, -0.2) is 88.7 Å². The zero-order valence-electron chi connectivity index (χ0n) is 27.4. The van der Waals surface area contributed by atoms with E-state index in [1.807, 2.05) is 72.8 Å². The molecule has 0 aliphatic carbocycles. The number of ether oxygens (including phenoxy) is 5. The van der Waals surface area contributed by atoms with Crippen LogP contribution in [0.5, 0.6) is 11.5 Å². The van der Waals surface area contributed by atoms with Gasteiger partial charge in [-0.25, -0.2) is 14.4 Å². The second-order valence-electron chi connectivity index (χ2n) is 11.2. The summed E-state index contributed by atoms with van der Waals surface area (Å²) in [5, 5.41) is 19.9. The van der Waals surface area contributed by atoms with E-state index in [4.69, 9.17) is 23.7 Å². The van der Waals surface area contributed by atoms with Gasteiger partial charge >= 0.3 is 29.7 Å². The molecule has 1 heterocycles. The van der Waals surface area contributed by atoms with Crippen molar-refractivity contribution in [2.45, 2.75) is 63.6 Å². The van der Waals surface area contributed by atoms with Crippen LogP contribution in [0.15, 0.2) is 84.9 Å². The Balaban J connectivity index is 1.70. The highest BCUT2D eigenvalue weighted by Crippen LogP contribution is 2.36. The van der Waals surface area contributed by atoms with Gasteiger partial charge in [0, 0.05) is 12.0 Å². The average Bonchev–Trinajstić information content (AvgIpc) is 3.52. The molecular weight excluding hydrogens is 638 g/mol. The van der Waals surface area contributed by atoms with E-state index < -0.39 is 66.3 Å². The molecule has 4 unspecified atom stereocenters. The Bertz CT molecular complexity index is 1580. The Morgan fingerprint density at radius 1 is 0.776 bits per heavy atom. The molecule has 1 aliphatic heterocycles. The number of aryl methyl sites for hydroxylation is 1. The van der Waals surface area contributed by atoms with Crippen molar-refractivity contribution >= 4 is 29.8 Å². The Morgan fingerprint density at radius 3 is 1.84 bits per heavy atom. The summed E-state index contributed by atoms with van der Waals surface area (Å²) in [6.45, 7) is 3.20. The Kier molecular flexibility index (Phi) is 12.5. The highest BCUT2D eigenvalue weighted by Gasteiger charge is 2.65. The third-order valence-corrected chi connectivity index (χ3v) is 7.97. The monoisotopic (exact) mass is 677 g/mol. The average molecular weight is 678 g/mol. The molecular formula is C36H39NO12. The summed E-state index contributed by atoms with van der Waals surface area (Å²) >= 11 is 0. The van der Waals surface area contributed by atoms with E-state index in [-0.39, 0.29) is 13.2 Å². The topological polar surface area (TPSA) is 175 Å². The molecule has 0 saturated carbocycles. The molecule has 1 fully saturated rings. The lowest BCUT2D eigenvalue weighted by Crippen LogP contribution is -2.53. The largest absolute Gasteiger partial charge is 0.480 e. The second kappa shape index (κ2) is 16.7. The van der Waals surface area contributed by atoms with Gasteiger partial charge in [0.15, 0.2) is 12.2 Å². The molecule has 0 spiro atoms. The number of aliphatic carboxylic acids is 2. The minimum absolute atomic E-state index is 0.233. The quantitative estimate of drug-likeness (QED) is 0.164. The molecule has 0 bridgehead atoms. The molecule has 2 N–H and O–H groups in total. The fourth-order valence-corrected chi connectivity index (χ4v) is 5.61. The number of hydrogen-bond donors (Lipinski definition) is 2. The van der Waals surface area contributed by atoms with E-state index in [1.54, 1.807) is 19.1 Å². The normalized spacial score (nSPS) is 17.7. The molecule has 3 aromatic carbocycles. The summed E-state index contributed by atoms with van der Waals surface area (Å²) < 4.78 is 26.7. The minimum atomic E-state index is -3.02. The third-order valence-electron chi connectivity index (χ3n) is 7.97. The second-order valence-corrected chi connectivity index (χ2v) is 11.2. The van der Waals surface area contributed by atoms with Crippen molar-refractivity contribution in [3.8, 4) is 11.5 Å². The number of para-hydroxylation sites is 1. The maximum atomic E-state index is 14.2. The Morgan fingerprint density at radius 2 is 1.31 bits per heavy atom. The lowest BCUT2D eigenvalue weighted by Gasteiger charge is -2.36. The summed E-state index contributed by atoms with van der Waals surface area (Å²) in [5.41, 5.74) is 1.75. The maximum Gasteiger partial charge on any atom is 0.379 e. The molecule has 4 rings (SSSR count). The molecule has 49 heavy (non-hydrogen) atoms. The zero-order chi connectivity index (χ0) is 35.6. The molecule has 260 valence electrons. The lowest BCUT2D eigenvalue weighted by atomic mass is 9.85. The third kappa shape index (κ3) is 8.80. The van der Waals surface area contributed by atoms with Crippen LogP contribution in [0.25, 0.3) is 0 Å². The van der Waals surface area contributed by atoms with E-state index in [2.05, 4.69) is 0 Å². The van der Waals surface area contributed by atoms with Gasteiger partial charge in [-0.05, 0) is 69.0 Å². The van der Waals surface area contributed by atoms with E-state index in [1.165, 1.54) is 13.8 Å². The van der Waals surface area contributed by atoms with E-state index in [0.717, 1.165) is 16.0 Å². The van der Waals surface area contributed by atoms with Crippen molar-refractivity contribution in [2.75, 3.05) is 19.8 Å². The standard InChI is InChI=1S/C36H39NO12/c1-4-45-34(43)36(35(44)46-5-2)48-30(31(49-36)33(41)42)32(40)37(22-29(38)39)23(3)28(21-16-24-12-8-6-9-13-24)25-17-19-27(20-18-25)47-26-14-10-7-11-15-26/h6-15,17-20,23,28,30-31H,4-5,16,21-22H2,1-3H3,(H,38,39)(H,41,42). The Labute approximate surface area is 283 Å². The van der Waals surface area contributed by atoms with Gasteiger partial charge in [0.25, 0.3) is 5.91 Å². The van der Waals surface area contributed by atoms with Crippen LogP contribution in [-0.2, 0) is 49.3 Å². The first kappa shape index (κ1) is 36.6.